The second-order valence-electron chi connectivity index (χ2n) is 7.38. The number of carbonyl (C=O) groups excluding carboxylic acids is 1. The highest BCUT2D eigenvalue weighted by Gasteiger charge is 2.28. The van der Waals surface area contributed by atoms with E-state index in [0.717, 1.165) is 28.7 Å². The van der Waals surface area contributed by atoms with Gasteiger partial charge in [-0.25, -0.2) is 19.9 Å². The molecular formula is C22H19N5OS. The zero-order valence-electron chi connectivity index (χ0n) is 16.1. The van der Waals surface area contributed by atoms with Crippen LogP contribution in [0.15, 0.2) is 41.9 Å². The first-order chi connectivity index (χ1) is 14.1. The highest BCUT2D eigenvalue weighted by Crippen LogP contribution is 2.34. The van der Waals surface area contributed by atoms with E-state index in [2.05, 4.69) is 44.3 Å². The average Bonchev–Trinajstić information content (AvgIpc) is 3.23. The Morgan fingerprint density at radius 2 is 1.97 bits per heavy atom. The fourth-order valence-electron chi connectivity index (χ4n) is 3.78. The number of aryl methyl sites for hydroxylation is 2. The molecule has 1 aliphatic carbocycles. The Morgan fingerprint density at radius 3 is 2.79 bits per heavy atom. The van der Waals surface area contributed by atoms with Crippen LogP contribution in [0.2, 0.25) is 0 Å². The van der Waals surface area contributed by atoms with Crippen LogP contribution in [0.1, 0.15) is 44.5 Å². The smallest absolute Gasteiger partial charge is 0.230 e. The predicted molar refractivity (Wildman–Crippen MR) is 114 cm³/mol. The second-order valence-corrected chi connectivity index (χ2v) is 8.36. The van der Waals surface area contributed by atoms with Crippen molar-refractivity contribution in [1.29, 1.82) is 0 Å². The largest absolute Gasteiger partial charge is 0.294 e. The standard InChI is InChI=1S/C22H19N5OS/c1-12-5-6-17-15(8-12)13(2)24-22(25-17)27-21-23-11-16-18(26-21)9-14(10-19(16)28)20-4-3-7-29-20/h3-8,11,14H,9-10H2,1-2H3,(H,23,24,25,26,27)/t14-/m0/s1. The van der Waals surface area contributed by atoms with Crippen molar-refractivity contribution in [2.45, 2.75) is 32.6 Å². The SMILES string of the molecule is Cc1ccc2nc(Nc3ncc4c(n3)C[C@H](c3cccs3)CC4=O)nc(C)c2c1. The molecule has 1 atom stereocenters. The van der Waals surface area contributed by atoms with E-state index in [-0.39, 0.29) is 11.7 Å². The number of Topliss-reactive ketones (excluding diaryl/α,β-unsaturated/α-hetero) is 1. The molecule has 1 aliphatic rings. The van der Waals surface area contributed by atoms with Crippen LogP contribution in [-0.4, -0.2) is 25.7 Å². The summed E-state index contributed by atoms with van der Waals surface area (Å²) < 4.78 is 0. The number of ketones is 1. The molecular weight excluding hydrogens is 382 g/mol. The maximum Gasteiger partial charge on any atom is 0.230 e. The molecule has 1 aromatic carbocycles. The van der Waals surface area contributed by atoms with E-state index < -0.39 is 0 Å². The van der Waals surface area contributed by atoms with Crippen LogP contribution >= 0.6 is 11.3 Å². The number of carbonyl (C=O) groups is 1. The van der Waals surface area contributed by atoms with Gasteiger partial charge in [0, 0.05) is 28.8 Å². The fourth-order valence-corrected chi connectivity index (χ4v) is 4.61. The summed E-state index contributed by atoms with van der Waals surface area (Å²) >= 11 is 1.69. The van der Waals surface area contributed by atoms with Crippen molar-refractivity contribution in [3.63, 3.8) is 0 Å². The maximum absolute atomic E-state index is 12.6. The lowest BCUT2D eigenvalue weighted by Crippen LogP contribution is -2.20. The molecule has 3 aromatic heterocycles. The van der Waals surface area contributed by atoms with Gasteiger partial charge in [-0.3, -0.25) is 10.1 Å². The number of aromatic nitrogens is 4. The van der Waals surface area contributed by atoms with E-state index in [9.17, 15) is 4.79 Å². The topological polar surface area (TPSA) is 80.7 Å². The summed E-state index contributed by atoms with van der Waals surface area (Å²) in [7, 11) is 0. The quantitative estimate of drug-likeness (QED) is 0.533. The van der Waals surface area contributed by atoms with Gasteiger partial charge < -0.3 is 0 Å². The Hall–Kier alpha value is -3.19. The molecule has 0 amide bonds. The normalized spacial score (nSPS) is 16.1. The van der Waals surface area contributed by atoms with Crippen molar-refractivity contribution in [3.8, 4) is 0 Å². The van der Waals surface area contributed by atoms with E-state index in [1.807, 2.05) is 30.5 Å². The van der Waals surface area contributed by atoms with E-state index in [1.165, 1.54) is 10.4 Å². The third-order valence-electron chi connectivity index (χ3n) is 5.25. The number of hydrogen-bond acceptors (Lipinski definition) is 7. The van der Waals surface area contributed by atoms with Gasteiger partial charge in [0.1, 0.15) is 0 Å². The van der Waals surface area contributed by atoms with Crippen LogP contribution in [0.25, 0.3) is 10.9 Å². The van der Waals surface area contributed by atoms with Crippen LogP contribution in [0.5, 0.6) is 0 Å². The van der Waals surface area contributed by atoms with Gasteiger partial charge >= 0.3 is 0 Å². The zero-order chi connectivity index (χ0) is 20.0. The van der Waals surface area contributed by atoms with Gasteiger partial charge in [0.2, 0.25) is 11.9 Å². The van der Waals surface area contributed by atoms with Crippen molar-refractivity contribution in [2.75, 3.05) is 5.32 Å². The number of fused-ring (bicyclic) bond motifs is 2. The van der Waals surface area contributed by atoms with Crippen molar-refractivity contribution in [1.82, 2.24) is 19.9 Å². The molecule has 5 rings (SSSR count). The molecule has 7 heteroatoms. The molecule has 4 aromatic rings. The summed E-state index contributed by atoms with van der Waals surface area (Å²) in [6.07, 6.45) is 2.86. The third kappa shape index (κ3) is 3.38. The highest BCUT2D eigenvalue weighted by molar-refractivity contribution is 7.10. The Morgan fingerprint density at radius 1 is 1.07 bits per heavy atom. The third-order valence-corrected chi connectivity index (χ3v) is 6.29. The number of rotatable bonds is 3. The number of thiophene rings is 1. The molecule has 3 heterocycles. The second kappa shape index (κ2) is 7.00. The van der Waals surface area contributed by atoms with E-state index in [0.29, 0.717) is 23.9 Å². The molecule has 6 nitrogen and oxygen atoms in total. The molecule has 0 bridgehead atoms. The van der Waals surface area contributed by atoms with Crippen molar-refractivity contribution in [3.05, 3.63) is 69.3 Å². The van der Waals surface area contributed by atoms with Crippen LogP contribution in [-0.2, 0) is 6.42 Å². The molecule has 0 unspecified atom stereocenters. The first-order valence-corrected chi connectivity index (χ1v) is 10.4. The van der Waals surface area contributed by atoms with Crippen LogP contribution < -0.4 is 5.32 Å². The predicted octanol–water partition coefficient (Wildman–Crippen LogP) is 4.75. The van der Waals surface area contributed by atoms with Gasteiger partial charge in [-0.2, -0.15) is 0 Å². The van der Waals surface area contributed by atoms with Gasteiger partial charge in [0.05, 0.1) is 22.5 Å². The Kier molecular flexibility index (Phi) is 4.32. The first kappa shape index (κ1) is 17.9. The number of hydrogen-bond donors (Lipinski definition) is 1. The van der Waals surface area contributed by atoms with E-state index in [1.54, 1.807) is 17.5 Å². The Labute approximate surface area is 172 Å². The number of nitrogens with one attached hydrogen (secondary N) is 1. The number of anilines is 2. The monoisotopic (exact) mass is 401 g/mol. The lowest BCUT2D eigenvalue weighted by molar-refractivity contribution is 0.0963. The van der Waals surface area contributed by atoms with E-state index >= 15 is 0 Å². The summed E-state index contributed by atoms with van der Waals surface area (Å²) in [4.78, 5) is 31.9. The summed E-state index contributed by atoms with van der Waals surface area (Å²) in [6, 6.07) is 10.2. The molecule has 0 saturated carbocycles. The molecule has 144 valence electrons. The molecule has 0 radical (unpaired) electrons. The molecule has 29 heavy (non-hydrogen) atoms. The Balaban J connectivity index is 1.46. The van der Waals surface area contributed by atoms with Gasteiger partial charge in [0.15, 0.2) is 5.78 Å². The lowest BCUT2D eigenvalue weighted by Gasteiger charge is -2.22. The highest BCUT2D eigenvalue weighted by atomic mass is 32.1. The maximum atomic E-state index is 12.6. The van der Waals surface area contributed by atoms with Crippen LogP contribution in [0.4, 0.5) is 11.9 Å². The molecule has 0 spiro atoms. The van der Waals surface area contributed by atoms with E-state index in [4.69, 9.17) is 0 Å². The van der Waals surface area contributed by atoms with Crippen molar-refractivity contribution in [2.24, 2.45) is 0 Å². The number of nitrogens with zero attached hydrogens (tertiary/aromatic N) is 4. The van der Waals surface area contributed by atoms with Crippen molar-refractivity contribution >= 4 is 39.9 Å². The average molecular weight is 401 g/mol. The van der Waals surface area contributed by atoms with Gasteiger partial charge in [-0.15, -0.1) is 11.3 Å². The minimum absolute atomic E-state index is 0.101. The minimum Gasteiger partial charge on any atom is -0.294 e. The van der Waals surface area contributed by atoms with Crippen LogP contribution in [0.3, 0.4) is 0 Å². The summed E-state index contributed by atoms with van der Waals surface area (Å²) in [6.45, 7) is 4.02. The van der Waals surface area contributed by atoms with Crippen LogP contribution in [0, 0.1) is 13.8 Å². The van der Waals surface area contributed by atoms with Gasteiger partial charge in [-0.05, 0) is 43.8 Å². The first-order valence-electron chi connectivity index (χ1n) is 9.51. The molecule has 0 fully saturated rings. The van der Waals surface area contributed by atoms with Gasteiger partial charge in [-0.1, -0.05) is 17.7 Å². The Bertz CT molecular complexity index is 1240. The number of benzene rings is 1. The fraction of sp³-hybridized carbons (Fsp3) is 0.227. The summed E-state index contributed by atoms with van der Waals surface area (Å²) in [5, 5.41) is 6.19. The van der Waals surface area contributed by atoms with Gasteiger partial charge in [0.25, 0.3) is 0 Å². The minimum atomic E-state index is 0.101. The molecule has 0 aliphatic heterocycles. The summed E-state index contributed by atoms with van der Waals surface area (Å²) in [5.74, 6) is 1.15. The molecule has 1 N–H and O–H groups in total. The zero-order valence-corrected chi connectivity index (χ0v) is 17.0. The molecule has 0 saturated heterocycles. The van der Waals surface area contributed by atoms with Crippen molar-refractivity contribution < 1.29 is 4.79 Å². The summed E-state index contributed by atoms with van der Waals surface area (Å²) in [5.41, 5.74) is 4.34. The lowest BCUT2D eigenvalue weighted by atomic mass is 9.86.